The SMILES string of the molecule is c1ccc(-c2nc(SCCC3OCCCO3)[nH]c2-c2ccccc2)cc1. The van der Waals surface area contributed by atoms with Gasteiger partial charge in [0.05, 0.1) is 24.6 Å². The molecule has 2 heterocycles. The lowest BCUT2D eigenvalue weighted by Crippen LogP contribution is -2.25. The van der Waals surface area contributed by atoms with Crippen LogP contribution in [0.25, 0.3) is 22.5 Å². The van der Waals surface area contributed by atoms with Gasteiger partial charge < -0.3 is 14.5 Å². The molecule has 1 N–H and O–H groups in total. The molecular formula is C21H22N2O2S. The molecule has 134 valence electrons. The molecule has 0 spiro atoms. The topological polar surface area (TPSA) is 47.1 Å². The molecule has 3 aromatic rings. The van der Waals surface area contributed by atoms with Crippen LogP contribution < -0.4 is 0 Å². The summed E-state index contributed by atoms with van der Waals surface area (Å²) in [7, 11) is 0. The first-order valence-electron chi connectivity index (χ1n) is 8.97. The van der Waals surface area contributed by atoms with E-state index in [9.17, 15) is 0 Å². The number of hydrogen-bond acceptors (Lipinski definition) is 4. The molecule has 0 aliphatic carbocycles. The molecule has 1 fully saturated rings. The Balaban J connectivity index is 1.53. The van der Waals surface area contributed by atoms with E-state index in [1.165, 1.54) is 0 Å². The molecular weight excluding hydrogens is 344 g/mol. The fraction of sp³-hybridized carbons (Fsp3) is 0.286. The molecule has 4 nitrogen and oxygen atoms in total. The largest absolute Gasteiger partial charge is 0.353 e. The second kappa shape index (κ2) is 8.54. The quantitative estimate of drug-likeness (QED) is 0.625. The van der Waals surface area contributed by atoms with Crippen LogP contribution in [0.15, 0.2) is 65.8 Å². The van der Waals surface area contributed by atoms with Gasteiger partial charge >= 0.3 is 0 Å². The van der Waals surface area contributed by atoms with E-state index >= 15 is 0 Å². The molecule has 0 bridgehead atoms. The van der Waals surface area contributed by atoms with Gasteiger partial charge in [-0.3, -0.25) is 0 Å². The summed E-state index contributed by atoms with van der Waals surface area (Å²) in [6.45, 7) is 1.60. The molecule has 0 atom stereocenters. The van der Waals surface area contributed by atoms with Crippen molar-refractivity contribution in [3.05, 3.63) is 60.7 Å². The zero-order valence-corrected chi connectivity index (χ0v) is 15.4. The van der Waals surface area contributed by atoms with Gasteiger partial charge in [-0.1, -0.05) is 72.4 Å². The standard InChI is InChI=1S/C21H22N2O2S/c1-3-8-16(9-4-1)19-20(17-10-5-2-6-11-17)23-21(22-19)26-15-12-18-24-13-7-14-25-18/h1-6,8-11,18H,7,12-15H2,(H,22,23). The minimum Gasteiger partial charge on any atom is -0.353 e. The lowest BCUT2D eigenvalue weighted by atomic mass is 10.1. The normalized spacial score (nSPS) is 15.2. The van der Waals surface area contributed by atoms with E-state index in [1.807, 2.05) is 24.3 Å². The van der Waals surface area contributed by atoms with Crippen LogP contribution in [-0.2, 0) is 9.47 Å². The first-order valence-corrected chi connectivity index (χ1v) is 9.95. The van der Waals surface area contributed by atoms with Gasteiger partial charge in [-0.2, -0.15) is 0 Å². The van der Waals surface area contributed by atoms with Crippen molar-refractivity contribution in [2.24, 2.45) is 0 Å². The van der Waals surface area contributed by atoms with Crippen molar-refractivity contribution in [1.82, 2.24) is 9.97 Å². The van der Waals surface area contributed by atoms with Crippen molar-refractivity contribution in [2.45, 2.75) is 24.3 Å². The molecule has 0 amide bonds. The summed E-state index contributed by atoms with van der Waals surface area (Å²) >= 11 is 1.71. The maximum absolute atomic E-state index is 5.62. The highest BCUT2D eigenvalue weighted by molar-refractivity contribution is 7.99. The summed E-state index contributed by atoms with van der Waals surface area (Å²) in [6.07, 6.45) is 1.78. The molecule has 4 rings (SSSR count). The Hall–Kier alpha value is -2.08. The molecule has 0 unspecified atom stereocenters. The third-order valence-corrected chi connectivity index (χ3v) is 5.19. The number of aromatic nitrogens is 2. The number of hydrogen-bond donors (Lipinski definition) is 1. The Morgan fingerprint density at radius 1 is 0.923 bits per heavy atom. The van der Waals surface area contributed by atoms with Gasteiger partial charge in [0.25, 0.3) is 0 Å². The van der Waals surface area contributed by atoms with E-state index in [2.05, 4.69) is 41.4 Å². The number of ether oxygens (including phenoxy) is 2. The molecule has 2 aromatic carbocycles. The number of nitrogens with one attached hydrogen (secondary N) is 1. The number of benzene rings is 2. The van der Waals surface area contributed by atoms with Crippen LogP contribution in [0, 0.1) is 0 Å². The number of imidazole rings is 1. The Labute approximate surface area is 158 Å². The second-order valence-electron chi connectivity index (χ2n) is 6.16. The lowest BCUT2D eigenvalue weighted by Gasteiger charge is -2.22. The zero-order chi connectivity index (χ0) is 17.6. The van der Waals surface area contributed by atoms with Crippen molar-refractivity contribution in [1.29, 1.82) is 0 Å². The van der Waals surface area contributed by atoms with Crippen LogP contribution >= 0.6 is 11.8 Å². The molecule has 1 aliphatic rings. The Kier molecular flexibility index (Phi) is 5.69. The van der Waals surface area contributed by atoms with Crippen molar-refractivity contribution >= 4 is 11.8 Å². The zero-order valence-electron chi connectivity index (χ0n) is 14.6. The van der Waals surface area contributed by atoms with E-state index in [1.54, 1.807) is 11.8 Å². The fourth-order valence-electron chi connectivity index (χ4n) is 2.99. The minimum absolute atomic E-state index is 0.0756. The molecule has 1 saturated heterocycles. The third-order valence-electron chi connectivity index (χ3n) is 4.28. The van der Waals surface area contributed by atoms with E-state index in [0.29, 0.717) is 0 Å². The van der Waals surface area contributed by atoms with Crippen molar-refractivity contribution in [3.8, 4) is 22.5 Å². The summed E-state index contributed by atoms with van der Waals surface area (Å²) in [5.74, 6) is 0.903. The monoisotopic (exact) mass is 366 g/mol. The lowest BCUT2D eigenvalue weighted by molar-refractivity contribution is -0.178. The van der Waals surface area contributed by atoms with Gasteiger partial charge in [0.15, 0.2) is 11.4 Å². The van der Waals surface area contributed by atoms with Crippen LogP contribution in [0.4, 0.5) is 0 Å². The summed E-state index contributed by atoms with van der Waals surface area (Å²) in [4.78, 5) is 8.37. The number of H-pyrrole nitrogens is 1. The van der Waals surface area contributed by atoms with Crippen molar-refractivity contribution in [2.75, 3.05) is 19.0 Å². The van der Waals surface area contributed by atoms with Gasteiger partial charge in [0.2, 0.25) is 0 Å². The molecule has 26 heavy (non-hydrogen) atoms. The van der Waals surface area contributed by atoms with Gasteiger partial charge in [-0.05, 0) is 6.42 Å². The first kappa shape index (κ1) is 17.3. The predicted molar refractivity (Wildman–Crippen MR) is 105 cm³/mol. The highest BCUT2D eigenvalue weighted by Crippen LogP contribution is 2.32. The van der Waals surface area contributed by atoms with Crippen LogP contribution in [0.5, 0.6) is 0 Å². The van der Waals surface area contributed by atoms with Gasteiger partial charge in [-0.25, -0.2) is 4.98 Å². The predicted octanol–water partition coefficient (Wildman–Crippen LogP) is 4.99. The number of aromatic amines is 1. The van der Waals surface area contributed by atoms with Crippen LogP contribution in [0.2, 0.25) is 0 Å². The number of rotatable bonds is 6. The Morgan fingerprint density at radius 2 is 1.58 bits per heavy atom. The number of nitrogens with zero attached hydrogens (tertiary/aromatic N) is 1. The van der Waals surface area contributed by atoms with Crippen molar-refractivity contribution < 1.29 is 9.47 Å². The summed E-state index contributed by atoms with van der Waals surface area (Å²) in [5, 5.41) is 0.929. The van der Waals surface area contributed by atoms with Gasteiger partial charge in [0, 0.05) is 23.3 Å². The summed E-state index contributed by atoms with van der Waals surface area (Å²) < 4.78 is 11.2. The van der Waals surface area contributed by atoms with Gasteiger partial charge in [-0.15, -0.1) is 0 Å². The average molecular weight is 366 g/mol. The van der Waals surface area contributed by atoms with Crippen LogP contribution in [-0.4, -0.2) is 35.2 Å². The maximum Gasteiger partial charge on any atom is 0.166 e. The second-order valence-corrected chi connectivity index (χ2v) is 7.24. The molecule has 0 saturated carbocycles. The van der Waals surface area contributed by atoms with Crippen LogP contribution in [0.1, 0.15) is 12.8 Å². The van der Waals surface area contributed by atoms with E-state index in [-0.39, 0.29) is 6.29 Å². The highest BCUT2D eigenvalue weighted by Gasteiger charge is 2.16. The average Bonchev–Trinajstić information content (AvgIpc) is 3.14. The Morgan fingerprint density at radius 3 is 2.27 bits per heavy atom. The summed E-state index contributed by atoms with van der Waals surface area (Å²) in [5.41, 5.74) is 4.31. The Bertz CT molecular complexity index is 758. The molecule has 1 aliphatic heterocycles. The molecule has 5 heteroatoms. The summed E-state index contributed by atoms with van der Waals surface area (Å²) in [6, 6.07) is 20.7. The third kappa shape index (κ3) is 4.18. The molecule has 1 aromatic heterocycles. The van der Waals surface area contributed by atoms with Gasteiger partial charge in [0.1, 0.15) is 0 Å². The highest BCUT2D eigenvalue weighted by atomic mass is 32.2. The number of thioether (sulfide) groups is 1. The first-order chi connectivity index (χ1) is 12.9. The van der Waals surface area contributed by atoms with Crippen molar-refractivity contribution in [3.63, 3.8) is 0 Å². The molecule has 0 radical (unpaired) electrons. The smallest absolute Gasteiger partial charge is 0.166 e. The van der Waals surface area contributed by atoms with E-state index in [4.69, 9.17) is 14.5 Å². The maximum atomic E-state index is 5.62. The van der Waals surface area contributed by atoms with E-state index < -0.39 is 0 Å². The van der Waals surface area contributed by atoms with Crippen LogP contribution in [0.3, 0.4) is 0 Å². The van der Waals surface area contributed by atoms with E-state index in [0.717, 1.165) is 59.5 Å². The minimum atomic E-state index is -0.0756. The fourth-order valence-corrected chi connectivity index (χ4v) is 3.83.